The molecule has 1 aromatic heterocycles. The Morgan fingerprint density at radius 2 is 1.70 bits per heavy atom. The molecule has 0 unspecified atom stereocenters. The number of para-hydroxylation sites is 1. The second-order valence-corrected chi connectivity index (χ2v) is 9.02. The van der Waals surface area contributed by atoms with Crippen LogP contribution in [-0.2, 0) is 23.0 Å². The fraction of sp³-hybridized carbons (Fsp3) is 0.346. The summed E-state index contributed by atoms with van der Waals surface area (Å²) < 4.78 is 5.67. The van der Waals surface area contributed by atoms with Crippen LogP contribution in [-0.4, -0.2) is 22.8 Å². The van der Waals surface area contributed by atoms with Gasteiger partial charge in [-0.2, -0.15) is 0 Å². The Labute approximate surface area is 177 Å². The lowest BCUT2D eigenvalue weighted by molar-refractivity contribution is 0.0319. The van der Waals surface area contributed by atoms with E-state index < -0.39 is 12.1 Å². The largest absolute Gasteiger partial charge is 0.451 e. The highest BCUT2D eigenvalue weighted by Gasteiger charge is 2.27. The maximum atomic E-state index is 13.1. The van der Waals surface area contributed by atoms with Crippen LogP contribution in [0.3, 0.4) is 0 Å². The number of hydrogen-bond donors (Lipinski definition) is 0. The number of carbonyl (C=O) groups is 2. The monoisotopic (exact) mass is 401 g/mol. The molecule has 0 bridgehead atoms. The zero-order chi connectivity index (χ0) is 21.5. The number of aryl methyl sites for hydroxylation is 1. The highest BCUT2D eigenvalue weighted by atomic mass is 16.5. The number of aromatic nitrogens is 1. The first-order chi connectivity index (χ1) is 14.3. The SMILES string of the molecule is C[C@H](OC(=O)c1c2c(nc3ccccc13)CCC2)C(=O)c1ccc(C(C)(C)C)cc1. The van der Waals surface area contributed by atoms with Gasteiger partial charge in [0.1, 0.15) is 0 Å². The summed E-state index contributed by atoms with van der Waals surface area (Å²) in [5.74, 6) is -0.641. The normalized spacial score (nSPS) is 14.4. The molecule has 0 fully saturated rings. The van der Waals surface area contributed by atoms with E-state index in [0.717, 1.165) is 47.0 Å². The first-order valence-corrected chi connectivity index (χ1v) is 10.5. The van der Waals surface area contributed by atoms with Crippen molar-refractivity contribution in [1.82, 2.24) is 4.98 Å². The van der Waals surface area contributed by atoms with Gasteiger partial charge in [-0.3, -0.25) is 9.78 Å². The van der Waals surface area contributed by atoms with Crippen LogP contribution < -0.4 is 0 Å². The van der Waals surface area contributed by atoms with Crippen molar-refractivity contribution in [1.29, 1.82) is 0 Å². The Morgan fingerprint density at radius 1 is 1.00 bits per heavy atom. The molecule has 0 spiro atoms. The number of esters is 1. The Kier molecular flexibility index (Phi) is 5.19. The summed E-state index contributed by atoms with van der Waals surface area (Å²) in [5, 5.41) is 0.789. The highest BCUT2D eigenvalue weighted by molar-refractivity contribution is 6.07. The van der Waals surface area contributed by atoms with Gasteiger partial charge in [-0.05, 0) is 48.8 Å². The van der Waals surface area contributed by atoms with E-state index in [1.807, 2.05) is 48.5 Å². The fourth-order valence-electron chi connectivity index (χ4n) is 4.09. The number of nitrogens with zero attached hydrogens (tertiary/aromatic N) is 1. The molecule has 1 aliphatic carbocycles. The molecule has 0 aliphatic heterocycles. The first-order valence-electron chi connectivity index (χ1n) is 10.5. The summed E-state index contributed by atoms with van der Waals surface area (Å²) in [6.45, 7) is 8.03. The molecule has 0 saturated heterocycles. The molecule has 2 aromatic carbocycles. The van der Waals surface area contributed by atoms with Crippen LogP contribution in [0.2, 0.25) is 0 Å². The minimum atomic E-state index is -0.859. The van der Waals surface area contributed by atoms with Crippen molar-refractivity contribution < 1.29 is 14.3 Å². The number of benzene rings is 2. The van der Waals surface area contributed by atoms with Crippen molar-refractivity contribution >= 4 is 22.7 Å². The van der Waals surface area contributed by atoms with Crippen LogP contribution >= 0.6 is 0 Å². The molecule has 4 rings (SSSR count). The minimum absolute atomic E-state index is 0.0163. The minimum Gasteiger partial charge on any atom is -0.451 e. The zero-order valence-electron chi connectivity index (χ0n) is 18.0. The maximum Gasteiger partial charge on any atom is 0.339 e. The molecule has 4 heteroatoms. The van der Waals surface area contributed by atoms with Crippen molar-refractivity contribution in [2.45, 2.75) is 58.5 Å². The number of ether oxygens (including phenoxy) is 1. The van der Waals surface area contributed by atoms with E-state index in [1.165, 1.54) is 0 Å². The van der Waals surface area contributed by atoms with E-state index in [9.17, 15) is 9.59 Å². The van der Waals surface area contributed by atoms with Crippen LogP contribution in [0.15, 0.2) is 48.5 Å². The number of fused-ring (bicyclic) bond motifs is 2. The second-order valence-electron chi connectivity index (χ2n) is 9.02. The molecule has 4 nitrogen and oxygen atoms in total. The quantitative estimate of drug-likeness (QED) is 0.431. The second kappa shape index (κ2) is 7.67. The van der Waals surface area contributed by atoms with Crippen LogP contribution in [0.5, 0.6) is 0 Å². The molecule has 1 heterocycles. The molecular formula is C26H27NO3. The summed E-state index contributed by atoms with van der Waals surface area (Å²) in [6.07, 6.45) is 1.80. The van der Waals surface area contributed by atoms with Gasteiger partial charge in [-0.25, -0.2) is 4.79 Å². The summed E-state index contributed by atoms with van der Waals surface area (Å²) in [5.41, 5.74) is 5.02. The van der Waals surface area contributed by atoms with Gasteiger partial charge in [0, 0.05) is 16.6 Å². The third kappa shape index (κ3) is 3.74. The van der Waals surface area contributed by atoms with Crippen LogP contribution in [0, 0.1) is 0 Å². The number of rotatable bonds is 4. The molecule has 1 aliphatic rings. The number of carbonyl (C=O) groups excluding carboxylic acids is 2. The number of pyridine rings is 1. The summed E-state index contributed by atoms with van der Waals surface area (Å²) >= 11 is 0. The van der Waals surface area contributed by atoms with E-state index >= 15 is 0 Å². The predicted molar refractivity (Wildman–Crippen MR) is 118 cm³/mol. The van der Waals surface area contributed by atoms with Crippen molar-refractivity contribution in [3.05, 3.63) is 76.5 Å². The van der Waals surface area contributed by atoms with Crippen LogP contribution in [0.1, 0.15) is 71.7 Å². The summed E-state index contributed by atoms with van der Waals surface area (Å²) in [6, 6.07) is 15.2. The average molecular weight is 402 g/mol. The van der Waals surface area contributed by atoms with Crippen LogP contribution in [0.25, 0.3) is 10.9 Å². The summed E-state index contributed by atoms with van der Waals surface area (Å²) in [7, 11) is 0. The van der Waals surface area contributed by atoms with Gasteiger partial charge in [0.05, 0.1) is 11.1 Å². The molecule has 154 valence electrons. The van der Waals surface area contributed by atoms with Gasteiger partial charge in [-0.1, -0.05) is 63.2 Å². The van der Waals surface area contributed by atoms with Gasteiger partial charge in [0.15, 0.2) is 6.10 Å². The summed E-state index contributed by atoms with van der Waals surface area (Å²) in [4.78, 5) is 30.7. The third-order valence-corrected chi connectivity index (χ3v) is 5.81. The van der Waals surface area contributed by atoms with Gasteiger partial charge >= 0.3 is 5.97 Å². The lowest BCUT2D eigenvalue weighted by Gasteiger charge is -2.19. The highest BCUT2D eigenvalue weighted by Crippen LogP contribution is 2.31. The van der Waals surface area contributed by atoms with Gasteiger partial charge in [0.2, 0.25) is 5.78 Å². The molecule has 0 amide bonds. The van der Waals surface area contributed by atoms with Crippen LogP contribution in [0.4, 0.5) is 0 Å². The molecular weight excluding hydrogens is 374 g/mol. The molecule has 0 N–H and O–H groups in total. The van der Waals surface area contributed by atoms with Crippen molar-refractivity contribution in [2.75, 3.05) is 0 Å². The zero-order valence-corrected chi connectivity index (χ0v) is 18.0. The Morgan fingerprint density at radius 3 is 2.40 bits per heavy atom. The lowest BCUT2D eigenvalue weighted by atomic mass is 9.86. The van der Waals surface area contributed by atoms with E-state index in [2.05, 4.69) is 20.8 Å². The Hall–Kier alpha value is -3.01. The number of ketones is 1. The van der Waals surface area contributed by atoms with E-state index in [0.29, 0.717) is 11.1 Å². The topological polar surface area (TPSA) is 56.3 Å². The van der Waals surface area contributed by atoms with Crippen molar-refractivity contribution in [2.24, 2.45) is 0 Å². The molecule has 3 aromatic rings. The molecule has 0 radical (unpaired) electrons. The third-order valence-electron chi connectivity index (χ3n) is 5.81. The predicted octanol–water partition coefficient (Wildman–Crippen LogP) is 5.45. The average Bonchev–Trinajstić information content (AvgIpc) is 3.18. The Balaban J connectivity index is 1.59. The molecule has 1 atom stereocenters. The standard InChI is InChI=1S/C26H27NO3/c1-16(24(28)17-12-14-18(15-13-17)26(2,3)4)30-25(29)23-19-8-5-6-10-21(19)27-22-11-7-9-20(22)23/h5-6,8,10,12-16H,7,9,11H2,1-4H3/t16-/m0/s1. The van der Waals surface area contributed by atoms with Gasteiger partial charge in [-0.15, -0.1) is 0 Å². The molecule has 0 saturated carbocycles. The number of Topliss-reactive ketones (excluding diaryl/α,β-unsaturated/α-hetero) is 1. The number of hydrogen-bond acceptors (Lipinski definition) is 4. The molecule has 30 heavy (non-hydrogen) atoms. The fourth-order valence-corrected chi connectivity index (χ4v) is 4.09. The lowest BCUT2D eigenvalue weighted by Crippen LogP contribution is -2.25. The smallest absolute Gasteiger partial charge is 0.339 e. The Bertz CT molecular complexity index is 1120. The first kappa shape index (κ1) is 20.3. The van der Waals surface area contributed by atoms with E-state index in [4.69, 9.17) is 9.72 Å². The van der Waals surface area contributed by atoms with E-state index in [1.54, 1.807) is 6.92 Å². The van der Waals surface area contributed by atoms with Crippen molar-refractivity contribution in [3.8, 4) is 0 Å². The van der Waals surface area contributed by atoms with Crippen molar-refractivity contribution in [3.63, 3.8) is 0 Å². The van der Waals surface area contributed by atoms with Gasteiger partial charge in [0.25, 0.3) is 0 Å². The van der Waals surface area contributed by atoms with E-state index in [-0.39, 0.29) is 11.2 Å². The maximum absolute atomic E-state index is 13.1. The van der Waals surface area contributed by atoms with Gasteiger partial charge < -0.3 is 4.74 Å².